The summed E-state index contributed by atoms with van der Waals surface area (Å²) in [6.07, 6.45) is -3.84. The van der Waals surface area contributed by atoms with Crippen LogP contribution in [-0.2, 0) is 19.1 Å². The molecule has 0 atom stereocenters. The van der Waals surface area contributed by atoms with Crippen LogP contribution in [-0.4, -0.2) is 10.9 Å². The lowest BCUT2D eigenvalue weighted by molar-refractivity contribution is -0.137. The second-order valence-corrected chi connectivity index (χ2v) is 6.56. The van der Waals surface area contributed by atoms with Crippen molar-refractivity contribution in [2.75, 3.05) is 0 Å². The first-order valence-corrected chi connectivity index (χ1v) is 8.96. The van der Waals surface area contributed by atoms with Crippen LogP contribution in [0.1, 0.15) is 39.9 Å². The minimum Gasteiger partial charge on any atom is -0.451 e. The third-order valence-electron chi connectivity index (χ3n) is 4.53. The van der Waals surface area contributed by atoms with Crippen LogP contribution >= 0.6 is 0 Å². The van der Waals surface area contributed by atoms with Crippen LogP contribution in [0.5, 0.6) is 0 Å². The first kappa shape index (κ1) is 20.4. The van der Waals surface area contributed by atoms with Crippen LogP contribution in [0.2, 0.25) is 0 Å². The van der Waals surface area contributed by atoms with E-state index in [4.69, 9.17) is 4.42 Å². The minimum absolute atomic E-state index is 0.0602. The van der Waals surface area contributed by atoms with Gasteiger partial charge in [-0.25, -0.2) is 0 Å². The Morgan fingerprint density at radius 1 is 1.14 bits per heavy atom. The van der Waals surface area contributed by atoms with Crippen molar-refractivity contribution in [1.82, 2.24) is 10.3 Å². The first-order valence-electron chi connectivity index (χ1n) is 8.96. The van der Waals surface area contributed by atoms with Gasteiger partial charge in [0.2, 0.25) is 0 Å². The van der Waals surface area contributed by atoms with Gasteiger partial charge in [-0.3, -0.25) is 9.59 Å². The molecule has 3 aromatic rings. The zero-order chi connectivity index (χ0) is 21.2. The van der Waals surface area contributed by atoms with E-state index in [9.17, 15) is 22.8 Å². The van der Waals surface area contributed by atoms with Gasteiger partial charge in [-0.15, -0.1) is 0 Å². The molecule has 0 bridgehead atoms. The van der Waals surface area contributed by atoms with Crippen LogP contribution in [0, 0.1) is 6.92 Å². The van der Waals surface area contributed by atoms with Gasteiger partial charge in [0.25, 0.3) is 11.5 Å². The van der Waals surface area contributed by atoms with E-state index >= 15 is 0 Å². The molecule has 29 heavy (non-hydrogen) atoms. The van der Waals surface area contributed by atoms with Crippen LogP contribution in [0.25, 0.3) is 11.3 Å². The van der Waals surface area contributed by atoms with Crippen LogP contribution in [0.3, 0.4) is 0 Å². The molecule has 0 radical (unpaired) electrons. The predicted octanol–water partition coefficient (Wildman–Crippen LogP) is 4.45. The van der Waals surface area contributed by atoms with Crippen molar-refractivity contribution in [1.29, 1.82) is 0 Å². The Morgan fingerprint density at radius 2 is 1.83 bits per heavy atom. The fourth-order valence-electron chi connectivity index (χ4n) is 2.87. The molecular weight excluding hydrogens is 385 g/mol. The van der Waals surface area contributed by atoms with Crippen molar-refractivity contribution in [3.05, 3.63) is 81.0 Å². The summed E-state index contributed by atoms with van der Waals surface area (Å²) in [4.78, 5) is 26.9. The summed E-state index contributed by atoms with van der Waals surface area (Å²) in [5.41, 5.74) is 1.54. The van der Waals surface area contributed by atoms with Crippen LogP contribution in [0.15, 0.2) is 51.7 Å². The third kappa shape index (κ3) is 4.59. The van der Waals surface area contributed by atoms with E-state index in [1.54, 1.807) is 19.1 Å². The number of H-pyrrole nitrogens is 1. The summed E-state index contributed by atoms with van der Waals surface area (Å²) in [5, 5.41) is 2.61. The number of aromatic nitrogens is 1. The molecule has 0 aliphatic rings. The molecule has 2 aromatic heterocycles. The number of aryl methyl sites for hydroxylation is 2. The summed E-state index contributed by atoms with van der Waals surface area (Å²) in [6, 6.07) is 9.43. The number of carbonyl (C=O) groups excluding carboxylic acids is 1. The summed E-state index contributed by atoms with van der Waals surface area (Å²) < 4.78 is 43.4. The maximum Gasteiger partial charge on any atom is 0.416 e. The Morgan fingerprint density at radius 3 is 2.45 bits per heavy atom. The number of furan rings is 1. The van der Waals surface area contributed by atoms with E-state index in [2.05, 4.69) is 10.3 Å². The summed E-state index contributed by atoms with van der Waals surface area (Å²) >= 11 is 0. The predicted molar refractivity (Wildman–Crippen MR) is 101 cm³/mol. The number of carbonyl (C=O) groups is 1. The zero-order valence-electron chi connectivity index (χ0n) is 15.8. The molecular formula is C21H19F3N2O3. The number of hydrogen-bond donors (Lipinski definition) is 2. The molecule has 1 aromatic carbocycles. The van der Waals surface area contributed by atoms with Gasteiger partial charge in [0, 0.05) is 23.4 Å². The van der Waals surface area contributed by atoms with E-state index in [0.29, 0.717) is 34.6 Å². The number of hydrogen-bond acceptors (Lipinski definition) is 3. The number of amides is 1. The summed E-state index contributed by atoms with van der Waals surface area (Å²) in [7, 11) is 0. The van der Waals surface area contributed by atoms with E-state index in [1.807, 2.05) is 6.92 Å². The standard InChI is InChI=1S/C21H19F3N2O3/c1-3-14-10-16(12(2)26-19(14)27)17-8-9-18(29-17)20(28)25-11-13-4-6-15(7-5-13)21(22,23)24/h4-10H,3,11H2,1-2H3,(H,25,28)(H,26,27). The van der Waals surface area contributed by atoms with Gasteiger partial charge in [0.1, 0.15) is 5.76 Å². The van der Waals surface area contributed by atoms with Crippen molar-refractivity contribution < 1.29 is 22.4 Å². The molecule has 3 rings (SSSR count). The molecule has 0 aliphatic heterocycles. The van der Waals surface area contributed by atoms with Gasteiger partial charge in [0.05, 0.1) is 5.56 Å². The lowest BCUT2D eigenvalue weighted by Crippen LogP contribution is -2.22. The molecule has 0 saturated heterocycles. The molecule has 0 spiro atoms. The Bertz CT molecular complexity index is 1080. The monoisotopic (exact) mass is 404 g/mol. The van der Waals surface area contributed by atoms with Gasteiger partial charge >= 0.3 is 6.18 Å². The smallest absolute Gasteiger partial charge is 0.416 e. The SMILES string of the molecule is CCc1cc(-c2ccc(C(=O)NCc3ccc(C(F)(F)F)cc3)o2)c(C)[nH]c1=O. The van der Waals surface area contributed by atoms with Crippen LogP contribution in [0.4, 0.5) is 13.2 Å². The fourth-order valence-corrected chi connectivity index (χ4v) is 2.87. The number of aromatic amines is 1. The number of pyridine rings is 1. The molecule has 0 aliphatic carbocycles. The summed E-state index contributed by atoms with van der Waals surface area (Å²) in [6.45, 7) is 3.67. The number of alkyl halides is 3. The Balaban J connectivity index is 1.71. The Hall–Kier alpha value is -3.29. The molecule has 0 unspecified atom stereocenters. The number of rotatable bonds is 5. The van der Waals surface area contributed by atoms with Crippen molar-refractivity contribution in [2.45, 2.75) is 33.0 Å². The molecule has 5 nitrogen and oxygen atoms in total. The van der Waals surface area contributed by atoms with E-state index < -0.39 is 17.6 Å². The zero-order valence-corrected chi connectivity index (χ0v) is 15.8. The number of halogens is 3. The van der Waals surface area contributed by atoms with Gasteiger partial charge in [0.15, 0.2) is 5.76 Å². The number of benzene rings is 1. The lowest BCUT2D eigenvalue weighted by Gasteiger charge is -2.08. The molecule has 0 fully saturated rings. The van der Waals surface area contributed by atoms with Gasteiger partial charge in [-0.1, -0.05) is 19.1 Å². The highest BCUT2D eigenvalue weighted by Gasteiger charge is 2.29. The average molecular weight is 404 g/mol. The fraction of sp³-hybridized carbons (Fsp3) is 0.238. The normalized spacial score (nSPS) is 11.5. The number of nitrogens with one attached hydrogen (secondary N) is 2. The van der Waals surface area contributed by atoms with Crippen molar-refractivity contribution in [2.24, 2.45) is 0 Å². The van der Waals surface area contributed by atoms with E-state index in [1.165, 1.54) is 18.2 Å². The molecule has 2 N–H and O–H groups in total. The second-order valence-electron chi connectivity index (χ2n) is 6.56. The highest BCUT2D eigenvalue weighted by molar-refractivity contribution is 5.92. The molecule has 8 heteroatoms. The van der Waals surface area contributed by atoms with Crippen molar-refractivity contribution in [3.8, 4) is 11.3 Å². The molecule has 1 amide bonds. The van der Waals surface area contributed by atoms with Gasteiger partial charge in [-0.05, 0) is 49.2 Å². The Kier molecular flexibility index (Phi) is 5.63. The molecule has 152 valence electrons. The second kappa shape index (κ2) is 7.98. The quantitative estimate of drug-likeness (QED) is 0.660. The maximum atomic E-state index is 12.6. The summed E-state index contributed by atoms with van der Waals surface area (Å²) in [5.74, 6) is 0.0117. The third-order valence-corrected chi connectivity index (χ3v) is 4.53. The largest absolute Gasteiger partial charge is 0.451 e. The Labute approximate surface area is 164 Å². The van der Waals surface area contributed by atoms with Crippen LogP contribution < -0.4 is 10.9 Å². The maximum absolute atomic E-state index is 12.6. The van der Waals surface area contributed by atoms with E-state index in [0.717, 1.165) is 12.1 Å². The first-order chi connectivity index (χ1) is 13.7. The van der Waals surface area contributed by atoms with Crippen molar-refractivity contribution in [3.63, 3.8) is 0 Å². The average Bonchev–Trinajstić information content (AvgIpc) is 3.16. The van der Waals surface area contributed by atoms with Crippen molar-refractivity contribution >= 4 is 5.91 Å². The molecule has 2 heterocycles. The molecule has 0 saturated carbocycles. The van der Waals surface area contributed by atoms with Gasteiger partial charge in [-0.2, -0.15) is 13.2 Å². The highest BCUT2D eigenvalue weighted by Crippen LogP contribution is 2.29. The van der Waals surface area contributed by atoms with Gasteiger partial charge < -0.3 is 14.7 Å². The lowest BCUT2D eigenvalue weighted by atomic mass is 10.1. The minimum atomic E-state index is -4.40. The van der Waals surface area contributed by atoms with E-state index in [-0.39, 0.29) is 17.9 Å². The topological polar surface area (TPSA) is 75.1 Å². The highest BCUT2D eigenvalue weighted by atomic mass is 19.4.